The van der Waals surface area contributed by atoms with Gasteiger partial charge in [-0.25, -0.2) is 0 Å². The standard InChI is InChI=1S/C15H21N5O/c1-4-10-11(9-16)14(19-18-12(10)5-2)20-8-6-7-13(20)15(21)17-3/h13H,4-8H2,1-3H3,(H,17,21). The minimum absolute atomic E-state index is 0.0317. The van der Waals surface area contributed by atoms with E-state index in [9.17, 15) is 10.1 Å². The van der Waals surface area contributed by atoms with Crippen LogP contribution in [0.25, 0.3) is 0 Å². The van der Waals surface area contributed by atoms with Crippen LogP contribution in [-0.2, 0) is 17.6 Å². The number of hydrogen-bond donors (Lipinski definition) is 1. The molecular weight excluding hydrogens is 266 g/mol. The van der Waals surface area contributed by atoms with Gasteiger partial charge >= 0.3 is 0 Å². The summed E-state index contributed by atoms with van der Waals surface area (Å²) < 4.78 is 0. The van der Waals surface area contributed by atoms with Gasteiger partial charge in [-0.15, -0.1) is 5.10 Å². The van der Waals surface area contributed by atoms with E-state index in [4.69, 9.17) is 0 Å². The molecule has 0 aromatic carbocycles. The van der Waals surface area contributed by atoms with Crippen LogP contribution in [0.3, 0.4) is 0 Å². The molecule has 1 N–H and O–H groups in total. The number of carbonyl (C=O) groups is 1. The normalized spacial score (nSPS) is 17.6. The SMILES string of the molecule is CCc1nnc(N2CCCC2C(=O)NC)c(C#N)c1CC. The average molecular weight is 287 g/mol. The van der Waals surface area contributed by atoms with Gasteiger partial charge in [-0.05, 0) is 31.2 Å². The van der Waals surface area contributed by atoms with Crippen LogP contribution in [-0.4, -0.2) is 35.7 Å². The largest absolute Gasteiger partial charge is 0.357 e. The molecule has 2 rings (SSSR count). The Balaban J connectivity index is 2.49. The van der Waals surface area contributed by atoms with Crippen molar-refractivity contribution < 1.29 is 4.79 Å². The highest BCUT2D eigenvalue weighted by Gasteiger charge is 2.33. The van der Waals surface area contributed by atoms with E-state index in [2.05, 4.69) is 21.6 Å². The molecule has 0 aliphatic carbocycles. The third-order valence-electron chi connectivity index (χ3n) is 4.01. The second-order valence-electron chi connectivity index (χ2n) is 5.11. The molecule has 1 aliphatic heterocycles. The van der Waals surface area contributed by atoms with Gasteiger partial charge in [0.2, 0.25) is 5.91 Å². The molecular formula is C15H21N5O. The average Bonchev–Trinajstić information content (AvgIpc) is 3.01. The number of aryl methyl sites for hydroxylation is 1. The quantitative estimate of drug-likeness (QED) is 0.899. The molecule has 112 valence electrons. The molecule has 0 spiro atoms. The third kappa shape index (κ3) is 2.68. The lowest BCUT2D eigenvalue weighted by atomic mass is 10.0. The zero-order valence-electron chi connectivity index (χ0n) is 12.8. The van der Waals surface area contributed by atoms with Gasteiger partial charge in [-0.1, -0.05) is 13.8 Å². The molecule has 6 heteroatoms. The van der Waals surface area contributed by atoms with Gasteiger partial charge < -0.3 is 10.2 Å². The Morgan fingerprint density at radius 1 is 1.43 bits per heavy atom. The number of hydrogen-bond acceptors (Lipinski definition) is 5. The van der Waals surface area contributed by atoms with Crippen molar-refractivity contribution in [3.8, 4) is 6.07 Å². The van der Waals surface area contributed by atoms with Crippen LogP contribution in [0, 0.1) is 11.3 Å². The smallest absolute Gasteiger partial charge is 0.242 e. The molecule has 1 amide bonds. The lowest BCUT2D eigenvalue weighted by Crippen LogP contribution is -2.43. The number of rotatable bonds is 4. The first-order valence-corrected chi connectivity index (χ1v) is 7.44. The number of amides is 1. The van der Waals surface area contributed by atoms with Crippen molar-refractivity contribution in [1.82, 2.24) is 15.5 Å². The Kier molecular flexibility index (Phi) is 4.73. The first-order valence-electron chi connectivity index (χ1n) is 7.44. The highest BCUT2D eigenvalue weighted by molar-refractivity contribution is 5.85. The summed E-state index contributed by atoms with van der Waals surface area (Å²) in [5.74, 6) is 0.522. The third-order valence-corrected chi connectivity index (χ3v) is 4.01. The highest BCUT2D eigenvalue weighted by atomic mass is 16.2. The summed E-state index contributed by atoms with van der Waals surface area (Å²) in [6, 6.07) is 2.01. The van der Waals surface area contributed by atoms with Gasteiger partial charge in [0.15, 0.2) is 5.82 Å². The molecule has 1 fully saturated rings. The van der Waals surface area contributed by atoms with Crippen molar-refractivity contribution in [1.29, 1.82) is 5.26 Å². The Labute approximate surface area is 125 Å². The van der Waals surface area contributed by atoms with Crippen molar-refractivity contribution in [2.45, 2.75) is 45.6 Å². The first kappa shape index (κ1) is 15.2. The van der Waals surface area contributed by atoms with E-state index in [0.29, 0.717) is 11.4 Å². The van der Waals surface area contributed by atoms with E-state index >= 15 is 0 Å². The fraction of sp³-hybridized carbons (Fsp3) is 0.600. The van der Waals surface area contributed by atoms with Crippen LogP contribution in [0.5, 0.6) is 0 Å². The van der Waals surface area contributed by atoms with E-state index < -0.39 is 0 Å². The number of nitrogens with zero attached hydrogens (tertiary/aromatic N) is 4. The zero-order valence-corrected chi connectivity index (χ0v) is 12.8. The van der Waals surface area contributed by atoms with Crippen LogP contribution in [0.2, 0.25) is 0 Å². The first-order chi connectivity index (χ1) is 10.2. The van der Waals surface area contributed by atoms with E-state index in [0.717, 1.165) is 43.5 Å². The molecule has 0 saturated carbocycles. The molecule has 1 atom stereocenters. The molecule has 6 nitrogen and oxygen atoms in total. The van der Waals surface area contributed by atoms with E-state index in [1.165, 1.54) is 0 Å². The second kappa shape index (κ2) is 6.53. The van der Waals surface area contributed by atoms with Crippen LogP contribution in [0.1, 0.15) is 43.5 Å². The van der Waals surface area contributed by atoms with Crippen molar-refractivity contribution in [2.24, 2.45) is 0 Å². The maximum Gasteiger partial charge on any atom is 0.242 e. The van der Waals surface area contributed by atoms with Crippen LogP contribution < -0.4 is 10.2 Å². The van der Waals surface area contributed by atoms with Gasteiger partial charge in [-0.3, -0.25) is 4.79 Å². The molecule has 1 aromatic rings. The van der Waals surface area contributed by atoms with Crippen LogP contribution >= 0.6 is 0 Å². The van der Waals surface area contributed by atoms with Crippen LogP contribution in [0.4, 0.5) is 5.82 Å². The summed E-state index contributed by atoms with van der Waals surface area (Å²) >= 11 is 0. The van der Waals surface area contributed by atoms with Gasteiger partial charge in [0.05, 0.1) is 5.69 Å². The molecule has 2 heterocycles. The number of nitriles is 1. The molecule has 0 radical (unpaired) electrons. The molecule has 0 bridgehead atoms. The van der Waals surface area contributed by atoms with Crippen LogP contribution in [0.15, 0.2) is 0 Å². The Morgan fingerprint density at radius 3 is 2.76 bits per heavy atom. The van der Waals surface area contributed by atoms with Gasteiger partial charge in [-0.2, -0.15) is 10.4 Å². The van der Waals surface area contributed by atoms with Crippen molar-refractivity contribution in [2.75, 3.05) is 18.5 Å². The molecule has 1 saturated heterocycles. The number of likely N-dealkylation sites (N-methyl/N-ethyl adjacent to an activating group) is 1. The summed E-state index contributed by atoms with van der Waals surface area (Å²) in [6.45, 7) is 4.75. The molecule has 1 aromatic heterocycles. The zero-order chi connectivity index (χ0) is 15.4. The fourth-order valence-electron chi connectivity index (χ4n) is 2.94. The number of aromatic nitrogens is 2. The lowest BCUT2D eigenvalue weighted by molar-refractivity contribution is -0.121. The molecule has 1 aliphatic rings. The molecule has 1 unspecified atom stereocenters. The predicted molar refractivity (Wildman–Crippen MR) is 79.9 cm³/mol. The maximum atomic E-state index is 12.0. The Morgan fingerprint density at radius 2 is 2.19 bits per heavy atom. The lowest BCUT2D eigenvalue weighted by Gasteiger charge is -2.25. The number of carbonyl (C=O) groups excluding carboxylic acids is 1. The Hall–Kier alpha value is -2.16. The fourth-order valence-corrected chi connectivity index (χ4v) is 2.94. The minimum Gasteiger partial charge on any atom is -0.357 e. The minimum atomic E-state index is -0.256. The summed E-state index contributed by atoms with van der Waals surface area (Å²) in [6.07, 6.45) is 3.20. The second-order valence-corrected chi connectivity index (χ2v) is 5.11. The van der Waals surface area contributed by atoms with E-state index in [-0.39, 0.29) is 11.9 Å². The van der Waals surface area contributed by atoms with Gasteiger partial charge in [0.1, 0.15) is 17.7 Å². The highest BCUT2D eigenvalue weighted by Crippen LogP contribution is 2.29. The van der Waals surface area contributed by atoms with Gasteiger partial charge in [0, 0.05) is 13.6 Å². The number of anilines is 1. The Bertz CT molecular complexity index is 578. The summed E-state index contributed by atoms with van der Waals surface area (Å²) in [4.78, 5) is 13.9. The summed E-state index contributed by atoms with van der Waals surface area (Å²) in [5, 5.41) is 20.7. The van der Waals surface area contributed by atoms with Crippen molar-refractivity contribution in [3.05, 3.63) is 16.8 Å². The summed E-state index contributed by atoms with van der Waals surface area (Å²) in [7, 11) is 1.63. The maximum absolute atomic E-state index is 12.0. The monoisotopic (exact) mass is 287 g/mol. The summed E-state index contributed by atoms with van der Waals surface area (Å²) in [5.41, 5.74) is 2.39. The van der Waals surface area contributed by atoms with Crippen molar-refractivity contribution in [3.63, 3.8) is 0 Å². The van der Waals surface area contributed by atoms with Gasteiger partial charge in [0.25, 0.3) is 0 Å². The van der Waals surface area contributed by atoms with E-state index in [1.54, 1.807) is 7.05 Å². The molecule has 21 heavy (non-hydrogen) atoms. The van der Waals surface area contributed by atoms with Crippen molar-refractivity contribution >= 4 is 11.7 Å². The topological polar surface area (TPSA) is 81.9 Å². The van der Waals surface area contributed by atoms with E-state index in [1.807, 2.05) is 18.7 Å². The predicted octanol–water partition coefficient (Wildman–Crippen LogP) is 1.19. The number of nitrogens with one attached hydrogen (secondary N) is 1.